The van der Waals surface area contributed by atoms with Crippen molar-refractivity contribution in [3.8, 4) is 5.69 Å². The van der Waals surface area contributed by atoms with E-state index in [1.54, 1.807) is 18.5 Å². The van der Waals surface area contributed by atoms with E-state index >= 15 is 0 Å². The second-order valence-electron chi connectivity index (χ2n) is 6.75. The first-order valence-corrected chi connectivity index (χ1v) is 9.27. The number of hydrogen-bond acceptors (Lipinski definition) is 3. The van der Waals surface area contributed by atoms with Crippen LogP contribution >= 0.6 is 0 Å². The Morgan fingerprint density at radius 2 is 1.66 bits per heavy atom. The summed E-state index contributed by atoms with van der Waals surface area (Å²) in [4.78, 5) is 28.6. The molecule has 0 bridgehead atoms. The molecule has 6 heteroatoms. The molecule has 0 atom stereocenters. The molecule has 0 radical (unpaired) electrons. The fraction of sp³-hybridized carbons (Fsp3) is 0.0870. The number of aromatic nitrogens is 2. The second kappa shape index (κ2) is 7.98. The number of anilines is 1. The van der Waals surface area contributed by atoms with Crippen LogP contribution in [0.1, 0.15) is 15.9 Å². The third-order valence-electron chi connectivity index (χ3n) is 4.61. The Morgan fingerprint density at radius 1 is 0.931 bits per heavy atom. The Kier molecular flexibility index (Phi) is 5.07. The molecule has 1 heterocycles. The molecule has 0 unspecified atom stereocenters. The van der Waals surface area contributed by atoms with Crippen molar-refractivity contribution in [1.82, 2.24) is 14.9 Å². The topological polar surface area (TPSA) is 76.0 Å². The van der Waals surface area contributed by atoms with Gasteiger partial charge < -0.3 is 10.6 Å². The normalized spacial score (nSPS) is 10.7. The zero-order valence-electron chi connectivity index (χ0n) is 15.9. The van der Waals surface area contributed by atoms with E-state index in [0.717, 1.165) is 22.3 Å². The van der Waals surface area contributed by atoms with Crippen molar-refractivity contribution in [3.63, 3.8) is 0 Å². The highest BCUT2D eigenvalue weighted by Gasteiger charge is 2.09. The van der Waals surface area contributed by atoms with Gasteiger partial charge in [-0.05, 0) is 55.5 Å². The molecule has 0 aliphatic rings. The van der Waals surface area contributed by atoms with Gasteiger partial charge in [0.2, 0.25) is 5.91 Å². The van der Waals surface area contributed by atoms with E-state index in [9.17, 15) is 9.59 Å². The standard InChI is InChI=1S/C23H20N4O2/c1-16-6-8-17(9-7-16)23(29)24-14-22(28)26-18-10-12-19(13-11-18)27-15-25-20-4-2-3-5-21(20)27/h2-13,15H,14H2,1H3,(H,24,29)(H,26,28). The SMILES string of the molecule is Cc1ccc(C(=O)NCC(=O)Nc2ccc(-n3cnc4ccccc43)cc2)cc1. The lowest BCUT2D eigenvalue weighted by Crippen LogP contribution is -2.32. The zero-order valence-corrected chi connectivity index (χ0v) is 15.9. The fourth-order valence-electron chi connectivity index (χ4n) is 3.04. The minimum atomic E-state index is -0.286. The predicted molar refractivity (Wildman–Crippen MR) is 113 cm³/mol. The molecule has 4 aromatic rings. The molecule has 0 saturated carbocycles. The Morgan fingerprint density at radius 3 is 2.41 bits per heavy atom. The van der Waals surface area contributed by atoms with Gasteiger partial charge in [0, 0.05) is 16.9 Å². The Bertz CT molecular complexity index is 1160. The van der Waals surface area contributed by atoms with Crippen LogP contribution in [0.5, 0.6) is 0 Å². The average Bonchev–Trinajstić information content (AvgIpc) is 3.17. The molecule has 0 spiro atoms. The molecule has 144 valence electrons. The number of nitrogens with zero attached hydrogens (tertiary/aromatic N) is 2. The van der Waals surface area contributed by atoms with Gasteiger partial charge in [0.05, 0.1) is 17.6 Å². The van der Waals surface area contributed by atoms with Gasteiger partial charge in [-0.3, -0.25) is 14.2 Å². The van der Waals surface area contributed by atoms with Gasteiger partial charge in [-0.15, -0.1) is 0 Å². The van der Waals surface area contributed by atoms with Crippen molar-refractivity contribution in [3.05, 3.63) is 90.3 Å². The minimum absolute atomic E-state index is 0.0966. The Balaban J connectivity index is 1.36. The summed E-state index contributed by atoms with van der Waals surface area (Å²) in [6, 6.07) is 22.6. The number of carbonyl (C=O) groups excluding carboxylic acids is 2. The van der Waals surface area contributed by atoms with Gasteiger partial charge in [0.15, 0.2) is 0 Å². The van der Waals surface area contributed by atoms with Crippen LogP contribution in [0, 0.1) is 6.92 Å². The minimum Gasteiger partial charge on any atom is -0.343 e. The van der Waals surface area contributed by atoms with E-state index in [1.807, 2.05) is 72.2 Å². The average molecular weight is 384 g/mol. The van der Waals surface area contributed by atoms with Crippen LogP contribution in [0.4, 0.5) is 5.69 Å². The fourth-order valence-corrected chi connectivity index (χ4v) is 3.04. The molecule has 0 aliphatic carbocycles. The number of para-hydroxylation sites is 2. The predicted octanol–water partition coefficient (Wildman–Crippen LogP) is 3.70. The van der Waals surface area contributed by atoms with E-state index in [-0.39, 0.29) is 18.4 Å². The number of benzene rings is 3. The highest BCUT2D eigenvalue weighted by atomic mass is 16.2. The highest BCUT2D eigenvalue weighted by Crippen LogP contribution is 2.19. The van der Waals surface area contributed by atoms with Crippen LogP contribution in [0.2, 0.25) is 0 Å². The summed E-state index contributed by atoms with van der Waals surface area (Å²) in [5.74, 6) is -0.561. The van der Waals surface area contributed by atoms with Gasteiger partial charge in [0.25, 0.3) is 5.91 Å². The van der Waals surface area contributed by atoms with E-state index in [1.165, 1.54) is 0 Å². The molecule has 0 fully saturated rings. The lowest BCUT2D eigenvalue weighted by Gasteiger charge is -2.09. The molecule has 4 rings (SSSR count). The van der Waals surface area contributed by atoms with Crippen molar-refractivity contribution in [2.24, 2.45) is 0 Å². The van der Waals surface area contributed by atoms with Crippen LogP contribution in [0.25, 0.3) is 16.7 Å². The van der Waals surface area contributed by atoms with Crippen molar-refractivity contribution in [2.45, 2.75) is 6.92 Å². The summed E-state index contributed by atoms with van der Waals surface area (Å²) in [6.07, 6.45) is 1.78. The van der Waals surface area contributed by atoms with Gasteiger partial charge in [0.1, 0.15) is 6.33 Å². The van der Waals surface area contributed by atoms with Gasteiger partial charge in [-0.2, -0.15) is 0 Å². The lowest BCUT2D eigenvalue weighted by molar-refractivity contribution is -0.115. The van der Waals surface area contributed by atoms with Crippen molar-refractivity contribution in [2.75, 3.05) is 11.9 Å². The number of carbonyl (C=O) groups is 2. The van der Waals surface area contributed by atoms with Crippen molar-refractivity contribution >= 4 is 28.5 Å². The quantitative estimate of drug-likeness (QED) is 0.551. The van der Waals surface area contributed by atoms with E-state index in [2.05, 4.69) is 15.6 Å². The second-order valence-corrected chi connectivity index (χ2v) is 6.75. The number of fused-ring (bicyclic) bond motifs is 1. The largest absolute Gasteiger partial charge is 0.343 e. The summed E-state index contributed by atoms with van der Waals surface area (Å²) in [5.41, 5.74) is 5.15. The van der Waals surface area contributed by atoms with Gasteiger partial charge >= 0.3 is 0 Å². The maximum atomic E-state index is 12.1. The smallest absolute Gasteiger partial charge is 0.251 e. The number of rotatable bonds is 5. The zero-order chi connectivity index (χ0) is 20.2. The number of nitrogens with one attached hydrogen (secondary N) is 2. The van der Waals surface area contributed by atoms with E-state index in [0.29, 0.717) is 11.3 Å². The first kappa shape index (κ1) is 18.4. The van der Waals surface area contributed by atoms with Crippen LogP contribution in [0.3, 0.4) is 0 Å². The monoisotopic (exact) mass is 384 g/mol. The Hall–Kier alpha value is -3.93. The van der Waals surface area contributed by atoms with Gasteiger partial charge in [-0.1, -0.05) is 29.8 Å². The summed E-state index contributed by atoms with van der Waals surface area (Å²) in [5, 5.41) is 5.42. The van der Waals surface area contributed by atoms with Crippen LogP contribution < -0.4 is 10.6 Å². The lowest BCUT2D eigenvalue weighted by atomic mass is 10.1. The molecule has 1 aromatic heterocycles. The van der Waals surface area contributed by atoms with Crippen molar-refractivity contribution in [1.29, 1.82) is 0 Å². The Labute approximate surface area is 168 Å². The first-order valence-electron chi connectivity index (χ1n) is 9.27. The summed E-state index contributed by atoms with van der Waals surface area (Å²) in [6.45, 7) is 1.86. The van der Waals surface area contributed by atoms with E-state index < -0.39 is 0 Å². The molecule has 0 saturated heterocycles. The summed E-state index contributed by atoms with van der Waals surface area (Å²) >= 11 is 0. The molecule has 29 heavy (non-hydrogen) atoms. The molecule has 0 aliphatic heterocycles. The maximum Gasteiger partial charge on any atom is 0.251 e. The highest BCUT2D eigenvalue weighted by molar-refractivity contribution is 5.99. The number of amides is 2. The number of hydrogen-bond donors (Lipinski definition) is 2. The number of imidazole rings is 1. The third kappa shape index (κ3) is 4.16. The van der Waals surface area contributed by atoms with Crippen LogP contribution in [-0.2, 0) is 4.79 Å². The van der Waals surface area contributed by atoms with Crippen LogP contribution in [-0.4, -0.2) is 27.9 Å². The third-order valence-corrected chi connectivity index (χ3v) is 4.61. The molecule has 2 N–H and O–H groups in total. The molecule has 3 aromatic carbocycles. The van der Waals surface area contributed by atoms with Crippen molar-refractivity contribution < 1.29 is 9.59 Å². The summed E-state index contributed by atoms with van der Waals surface area (Å²) < 4.78 is 1.99. The first-order chi connectivity index (χ1) is 14.1. The molecular weight excluding hydrogens is 364 g/mol. The molecule has 2 amide bonds. The van der Waals surface area contributed by atoms with Crippen LogP contribution in [0.15, 0.2) is 79.1 Å². The summed E-state index contributed by atoms with van der Waals surface area (Å²) in [7, 11) is 0. The van der Waals surface area contributed by atoms with Gasteiger partial charge in [-0.25, -0.2) is 4.98 Å². The number of aryl methyl sites for hydroxylation is 1. The molecule has 6 nitrogen and oxygen atoms in total. The maximum absolute atomic E-state index is 12.1. The molecular formula is C23H20N4O2. The van der Waals surface area contributed by atoms with E-state index in [4.69, 9.17) is 0 Å².